The molecule has 1 aromatic heterocycles. The topological polar surface area (TPSA) is 122 Å². The molecule has 2 heterocycles. The number of sulfonamides is 1. The highest BCUT2D eigenvalue weighted by atomic mass is 32.2. The van der Waals surface area contributed by atoms with Crippen LogP contribution in [0.4, 0.5) is 0 Å². The smallest absolute Gasteiger partial charge is 0.248 e. The van der Waals surface area contributed by atoms with Crippen LogP contribution in [0.15, 0.2) is 14.6 Å². The zero-order valence-corrected chi connectivity index (χ0v) is 13.1. The number of nitrogens with two attached hydrogens (primary N) is 1. The summed E-state index contributed by atoms with van der Waals surface area (Å²) in [6, 6.07) is 0. The van der Waals surface area contributed by atoms with Crippen molar-refractivity contribution in [3.63, 3.8) is 0 Å². The zero-order valence-electron chi connectivity index (χ0n) is 12.3. The number of nitrogens with zero attached hydrogens (tertiary/aromatic N) is 3. The molecular weight excluding hydrogens is 296 g/mol. The van der Waals surface area contributed by atoms with Gasteiger partial charge in [0.25, 0.3) is 0 Å². The van der Waals surface area contributed by atoms with E-state index in [1.165, 1.54) is 4.31 Å². The van der Waals surface area contributed by atoms with Gasteiger partial charge in [0.15, 0.2) is 5.76 Å². The fourth-order valence-corrected chi connectivity index (χ4v) is 4.30. The van der Waals surface area contributed by atoms with Crippen LogP contribution in [-0.4, -0.2) is 42.0 Å². The molecule has 0 spiro atoms. The van der Waals surface area contributed by atoms with E-state index in [4.69, 9.17) is 15.5 Å². The quantitative estimate of drug-likeness (QED) is 0.368. The summed E-state index contributed by atoms with van der Waals surface area (Å²) in [6.07, 6.45) is 0.983. The van der Waals surface area contributed by atoms with Crippen molar-refractivity contribution >= 4 is 15.9 Å². The summed E-state index contributed by atoms with van der Waals surface area (Å²) < 4.78 is 31.6. The highest BCUT2D eigenvalue weighted by Gasteiger charge is 2.40. The highest BCUT2D eigenvalue weighted by Crippen LogP contribution is 2.34. The van der Waals surface area contributed by atoms with Gasteiger partial charge < -0.3 is 15.5 Å². The maximum atomic E-state index is 12.7. The summed E-state index contributed by atoms with van der Waals surface area (Å²) in [5, 5.41) is 15.6. The molecule has 0 saturated carbocycles. The summed E-state index contributed by atoms with van der Waals surface area (Å²) in [5.41, 5.74) is 5.56. The highest BCUT2D eigenvalue weighted by molar-refractivity contribution is 7.89. The van der Waals surface area contributed by atoms with Crippen LogP contribution in [0, 0.1) is 19.3 Å². The Morgan fingerprint density at radius 2 is 2.00 bits per heavy atom. The number of amidine groups is 1. The van der Waals surface area contributed by atoms with Gasteiger partial charge in [-0.2, -0.15) is 4.31 Å². The molecule has 0 aromatic carbocycles. The number of piperidine rings is 1. The first-order chi connectivity index (χ1) is 9.72. The van der Waals surface area contributed by atoms with Gasteiger partial charge in [0.05, 0.1) is 0 Å². The lowest BCUT2D eigenvalue weighted by Crippen LogP contribution is -2.47. The minimum Gasteiger partial charge on any atom is -0.409 e. The Labute approximate surface area is 123 Å². The Morgan fingerprint density at radius 1 is 1.43 bits per heavy atom. The number of aromatic nitrogens is 1. The first kappa shape index (κ1) is 15.8. The van der Waals surface area contributed by atoms with E-state index in [2.05, 4.69) is 10.3 Å². The second-order valence-electron chi connectivity index (χ2n) is 5.60. The van der Waals surface area contributed by atoms with E-state index < -0.39 is 15.4 Å². The third-order valence-electron chi connectivity index (χ3n) is 4.12. The van der Waals surface area contributed by atoms with Crippen molar-refractivity contribution < 1.29 is 18.1 Å². The van der Waals surface area contributed by atoms with Crippen molar-refractivity contribution in [2.75, 3.05) is 13.1 Å². The number of hydrogen-bond donors (Lipinski definition) is 2. The van der Waals surface area contributed by atoms with Gasteiger partial charge in [-0.1, -0.05) is 17.2 Å². The van der Waals surface area contributed by atoms with Crippen molar-refractivity contribution in [1.29, 1.82) is 0 Å². The average Bonchev–Trinajstić information content (AvgIpc) is 2.78. The monoisotopic (exact) mass is 316 g/mol. The second-order valence-corrected chi connectivity index (χ2v) is 7.48. The molecule has 0 atom stereocenters. The van der Waals surface area contributed by atoms with E-state index in [1.807, 2.05) is 6.92 Å². The minimum atomic E-state index is -3.63. The number of oxime groups is 1. The van der Waals surface area contributed by atoms with Crippen LogP contribution < -0.4 is 5.73 Å². The summed E-state index contributed by atoms with van der Waals surface area (Å²) in [5.74, 6) is 0.425. The lowest BCUT2D eigenvalue weighted by molar-refractivity contribution is 0.229. The van der Waals surface area contributed by atoms with E-state index in [9.17, 15) is 8.42 Å². The van der Waals surface area contributed by atoms with Crippen LogP contribution in [0.5, 0.6) is 0 Å². The van der Waals surface area contributed by atoms with Gasteiger partial charge in [0, 0.05) is 18.5 Å². The summed E-state index contributed by atoms with van der Waals surface area (Å²) >= 11 is 0. The minimum absolute atomic E-state index is 0.134. The molecule has 0 aliphatic carbocycles. The van der Waals surface area contributed by atoms with Gasteiger partial charge in [0.2, 0.25) is 10.0 Å². The Kier molecular flexibility index (Phi) is 3.98. The Bertz CT molecular complexity index is 637. The molecule has 2 rings (SSSR count). The van der Waals surface area contributed by atoms with Crippen molar-refractivity contribution in [3.8, 4) is 0 Å². The summed E-state index contributed by atoms with van der Waals surface area (Å²) in [6.45, 7) is 5.66. The standard InChI is InChI=1S/C12H20N4O4S/c1-8-10(9(2)20-15-8)21(18,19)16-6-4-12(3,5-7-16)11(13)14-17/h17H,4-7H2,1-3H3,(H2,13,14). The molecule has 3 N–H and O–H groups in total. The third kappa shape index (κ3) is 2.62. The molecule has 1 aliphatic heterocycles. The molecule has 8 nitrogen and oxygen atoms in total. The number of rotatable bonds is 3. The molecule has 1 aliphatic rings. The zero-order chi connectivity index (χ0) is 15.8. The predicted molar refractivity (Wildman–Crippen MR) is 75.5 cm³/mol. The van der Waals surface area contributed by atoms with Crippen LogP contribution in [-0.2, 0) is 10.0 Å². The molecule has 1 saturated heterocycles. The molecule has 0 amide bonds. The fourth-order valence-electron chi connectivity index (χ4n) is 2.57. The average molecular weight is 316 g/mol. The largest absolute Gasteiger partial charge is 0.409 e. The SMILES string of the molecule is Cc1noc(C)c1S(=O)(=O)N1CCC(C)(C(N)=NO)CC1. The molecule has 1 aromatic rings. The molecule has 0 bridgehead atoms. The molecule has 118 valence electrons. The maximum absolute atomic E-state index is 12.7. The Hall–Kier alpha value is -1.61. The van der Waals surface area contributed by atoms with E-state index in [0.717, 1.165) is 0 Å². The van der Waals surface area contributed by atoms with Crippen LogP contribution in [0.2, 0.25) is 0 Å². The molecule has 9 heteroatoms. The molecule has 21 heavy (non-hydrogen) atoms. The maximum Gasteiger partial charge on any atom is 0.248 e. The van der Waals surface area contributed by atoms with Crippen molar-refractivity contribution in [2.24, 2.45) is 16.3 Å². The third-order valence-corrected chi connectivity index (χ3v) is 6.26. The Balaban J connectivity index is 2.23. The Morgan fingerprint density at radius 3 is 2.43 bits per heavy atom. The van der Waals surface area contributed by atoms with E-state index in [1.54, 1.807) is 13.8 Å². The number of hydrogen-bond acceptors (Lipinski definition) is 6. The molecule has 0 radical (unpaired) electrons. The normalized spacial score (nSPS) is 20.6. The van der Waals surface area contributed by atoms with Gasteiger partial charge in [-0.05, 0) is 26.7 Å². The van der Waals surface area contributed by atoms with Gasteiger partial charge in [-0.15, -0.1) is 0 Å². The predicted octanol–water partition coefficient (Wildman–Crippen LogP) is 0.829. The van der Waals surface area contributed by atoms with E-state index in [0.29, 0.717) is 31.6 Å². The lowest BCUT2D eigenvalue weighted by atomic mass is 9.80. The van der Waals surface area contributed by atoms with Crippen LogP contribution >= 0.6 is 0 Å². The van der Waals surface area contributed by atoms with Crippen LogP contribution in [0.1, 0.15) is 31.2 Å². The molecular formula is C12H20N4O4S. The first-order valence-corrected chi connectivity index (χ1v) is 8.07. The van der Waals surface area contributed by atoms with Crippen molar-refractivity contribution in [2.45, 2.75) is 38.5 Å². The second kappa shape index (κ2) is 5.30. The van der Waals surface area contributed by atoms with E-state index in [-0.39, 0.29) is 16.5 Å². The van der Waals surface area contributed by atoms with Gasteiger partial charge >= 0.3 is 0 Å². The number of aryl methyl sites for hydroxylation is 2. The van der Waals surface area contributed by atoms with Crippen LogP contribution in [0.3, 0.4) is 0 Å². The fraction of sp³-hybridized carbons (Fsp3) is 0.667. The molecule has 0 unspecified atom stereocenters. The summed E-state index contributed by atoms with van der Waals surface area (Å²) in [4.78, 5) is 0.134. The van der Waals surface area contributed by atoms with Gasteiger partial charge in [-0.25, -0.2) is 8.42 Å². The summed E-state index contributed by atoms with van der Waals surface area (Å²) in [7, 11) is -3.63. The van der Waals surface area contributed by atoms with Gasteiger partial charge in [-0.3, -0.25) is 0 Å². The first-order valence-electron chi connectivity index (χ1n) is 6.63. The van der Waals surface area contributed by atoms with Crippen molar-refractivity contribution in [3.05, 3.63) is 11.5 Å². The van der Waals surface area contributed by atoms with Gasteiger partial charge in [0.1, 0.15) is 16.4 Å². The van der Waals surface area contributed by atoms with Crippen LogP contribution in [0.25, 0.3) is 0 Å². The lowest BCUT2D eigenvalue weighted by Gasteiger charge is -2.37. The van der Waals surface area contributed by atoms with E-state index >= 15 is 0 Å². The van der Waals surface area contributed by atoms with Crippen molar-refractivity contribution in [1.82, 2.24) is 9.46 Å². The molecule has 1 fully saturated rings.